The normalized spacial score (nSPS) is 10.7. The molecular formula is C25H22ClN3O5S2. The Balaban J connectivity index is 1.40. The van der Waals surface area contributed by atoms with Crippen molar-refractivity contribution in [3.8, 4) is 17.2 Å². The fraction of sp³-hybridized carbons (Fsp3) is 0.160. The highest BCUT2D eigenvalue weighted by Gasteiger charge is 2.14. The Morgan fingerprint density at radius 2 is 1.67 bits per heavy atom. The first-order valence-corrected chi connectivity index (χ1v) is 12.8. The fourth-order valence-corrected chi connectivity index (χ4v) is 5.39. The predicted molar refractivity (Wildman–Crippen MR) is 144 cm³/mol. The molecule has 8 nitrogen and oxygen atoms in total. The molecule has 0 spiro atoms. The van der Waals surface area contributed by atoms with E-state index < -0.39 is 0 Å². The molecule has 2 N–H and O–H groups in total. The van der Waals surface area contributed by atoms with Crippen molar-refractivity contribution in [3.05, 3.63) is 65.2 Å². The molecule has 4 rings (SSSR count). The average molecular weight is 544 g/mol. The molecule has 36 heavy (non-hydrogen) atoms. The summed E-state index contributed by atoms with van der Waals surface area (Å²) >= 11 is 8.79. The molecule has 4 aromatic rings. The minimum Gasteiger partial charge on any atom is -0.495 e. The quantitative estimate of drug-likeness (QED) is 0.251. The number of carbonyl (C=O) groups is 2. The Kier molecular flexibility index (Phi) is 8.19. The van der Waals surface area contributed by atoms with Crippen LogP contribution in [0.4, 0.5) is 11.4 Å². The summed E-state index contributed by atoms with van der Waals surface area (Å²) in [6.45, 7) is 0. The second kappa shape index (κ2) is 11.5. The zero-order valence-corrected chi connectivity index (χ0v) is 22.0. The number of nitrogens with one attached hydrogen (secondary N) is 2. The molecule has 2 amide bonds. The first-order valence-electron chi connectivity index (χ1n) is 10.6. The number of thiazole rings is 1. The van der Waals surface area contributed by atoms with Crippen molar-refractivity contribution < 1.29 is 23.8 Å². The molecule has 1 aromatic heterocycles. The Bertz CT molecular complexity index is 1430. The predicted octanol–water partition coefficient (Wildman–Crippen LogP) is 5.96. The van der Waals surface area contributed by atoms with Gasteiger partial charge in [0.2, 0.25) is 5.91 Å². The largest absolute Gasteiger partial charge is 0.495 e. The van der Waals surface area contributed by atoms with Crippen LogP contribution >= 0.6 is 34.7 Å². The number of halogens is 1. The summed E-state index contributed by atoms with van der Waals surface area (Å²) in [6, 6.07) is 15.5. The van der Waals surface area contributed by atoms with Crippen LogP contribution < -0.4 is 24.8 Å². The summed E-state index contributed by atoms with van der Waals surface area (Å²) in [5, 5.41) is 6.20. The third-order valence-electron chi connectivity index (χ3n) is 5.03. The lowest BCUT2D eigenvalue weighted by molar-refractivity contribution is -0.113. The van der Waals surface area contributed by atoms with Crippen molar-refractivity contribution in [1.29, 1.82) is 0 Å². The van der Waals surface area contributed by atoms with E-state index in [9.17, 15) is 9.59 Å². The number of carbonyl (C=O) groups excluding carboxylic acids is 2. The summed E-state index contributed by atoms with van der Waals surface area (Å²) < 4.78 is 17.4. The van der Waals surface area contributed by atoms with Crippen LogP contribution in [-0.4, -0.2) is 43.9 Å². The lowest BCUT2D eigenvalue weighted by atomic mass is 10.2. The standard InChI is InChI=1S/C25H22ClN3O5S2/c1-32-19-9-5-15(26)11-18(19)28-23(30)13-35-25-29-17-7-6-16(12-22(17)36-25)27-24(31)14-4-8-20(33-2)21(10-14)34-3/h4-12H,13H2,1-3H3,(H,27,31)(H,28,30). The highest BCUT2D eigenvalue weighted by molar-refractivity contribution is 8.01. The minimum absolute atomic E-state index is 0.165. The van der Waals surface area contributed by atoms with E-state index in [2.05, 4.69) is 15.6 Å². The lowest BCUT2D eigenvalue weighted by Gasteiger charge is -2.10. The number of fused-ring (bicyclic) bond motifs is 1. The van der Waals surface area contributed by atoms with Crippen molar-refractivity contribution in [2.24, 2.45) is 0 Å². The molecular weight excluding hydrogens is 522 g/mol. The summed E-state index contributed by atoms with van der Waals surface area (Å²) in [7, 11) is 4.58. The maximum absolute atomic E-state index is 12.7. The number of nitrogens with zero attached hydrogens (tertiary/aromatic N) is 1. The summed E-state index contributed by atoms with van der Waals surface area (Å²) in [6.07, 6.45) is 0. The van der Waals surface area contributed by atoms with Gasteiger partial charge in [0.25, 0.3) is 5.91 Å². The Morgan fingerprint density at radius 3 is 2.42 bits per heavy atom. The van der Waals surface area contributed by atoms with Crippen molar-refractivity contribution in [2.45, 2.75) is 4.34 Å². The molecule has 0 bridgehead atoms. The molecule has 0 saturated carbocycles. The van der Waals surface area contributed by atoms with Crippen LogP contribution in [0.5, 0.6) is 17.2 Å². The number of thioether (sulfide) groups is 1. The van der Waals surface area contributed by atoms with E-state index in [1.807, 2.05) is 12.1 Å². The van der Waals surface area contributed by atoms with Gasteiger partial charge in [0.15, 0.2) is 15.8 Å². The number of ether oxygens (including phenoxy) is 3. The molecule has 11 heteroatoms. The number of methoxy groups -OCH3 is 3. The van der Waals surface area contributed by atoms with E-state index in [0.717, 1.165) is 14.6 Å². The van der Waals surface area contributed by atoms with Gasteiger partial charge in [-0.1, -0.05) is 23.4 Å². The minimum atomic E-state index is -0.275. The lowest BCUT2D eigenvalue weighted by Crippen LogP contribution is -2.14. The second-order valence-electron chi connectivity index (χ2n) is 7.37. The van der Waals surface area contributed by atoms with E-state index in [4.69, 9.17) is 25.8 Å². The average Bonchev–Trinajstić information content (AvgIpc) is 3.29. The number of anilines is 2. The molecule has 186 valence electrons. The number of hydrogen-bond donors (Lipinski definition) is 2. The van der Waals surface area contributed by atoms with Gasteiger partial charge in [0.1, 0.15) is 5.75 Å². The first-order chi connectivity index (χ1) is 17.4. The van der Waals surface area contributed by atoms with Crippen molar-refractivity contribution in [3.63, 3.8) is 0 Å². The van der Waals surface area contributed by atoms with Crippen LogP contribution in [0, 0.1) is 0 Å². The highest BCUT2D eigenvalue weighted by atomic mass is 35.5. The number of amides is 2. The molecule has 0 saturated heterocycles. The van der Waals surface area contributed by atoms with Gasteiger partial charge in [-0.2, -0.15) is 0 Å². The summed E-state index contributed by atoms with van der Waals surface area (Å²) in [5.41, 5.74) is 2.36. The third-order valence-corrected chi connectivity index (χ3v) is 7.43. The van der Waals surface area contributed by atoms with E-state index in [0.29, 0.717) is 39.2 Å². The van der Waals surface area contributed by atoms with Gasteiger partial charge in [-0.05, 0) is 54.6 Å². The van der Waals surface area contributed by atoms with E-state index in [1.54, 1.807) is 42.5 Å². The van der Waals surface area contributed by atoms with Crippen molar-refractivity contribution >= 4 is 68.1 Å². The van der Waals surface area contributed by atoms with E-state index in [-0.39, 0.29) is 17.6 Å². The zero-order valence-electron chi connectivity index (χ0n) is 19.6. The molecule has 0 aliphatic rings. The van der Waals surface area contributed by atoms with Crippen LogP contribution in [0.1, 0.15) is 10.4 Å². The number of rotatable bonds is 9. The highest BCUT2D eigenvalue weighted by Crippen LogP contribution is 2.33. The van der Waals surface area contributed by atoms with Crippen LogP contribution in [0.25, 0.3) is 10.2 Å². The van der Waals surface area contributed by atoms with Gasteiger partial charge in [-0.3, -0.25) is 9.59 Å². The van der Waals surface area contributed by atoms with Crippen molar-refractivity contribution in [1.82, 2.24) is 4.98 Å². The maximum atomic E-state index is 12.7. The molecule has 0 unspecified atom stereocenters. The zero-order chi connectivity index (χ0) is 25.7. The van der Waals surface area contributed by atoms with Gasteiger partial charge >= 0.3 is 0 Å². The smallest absolute Gasteiger partial charge is 0.255 e. The SMILES string of the molecule is COc1ccc(Cl)cc1NC(=O)CSc1nc2ccc(NC(=O)c3ccc(OC)c(OC)c3)cc2s1. The number of hydrogen-bond acceptors (Lipinski definition) is 8. The third kappa shape index (κ3) is 6.01. The van der Waals surface area contributed by atoms with Gasteiger partial charge < -0.3 is 24.8 Å². The molecule has 0 aliphatic carbocycles. The van der Waals surface area contributed by atoms with Gasteiger partial charge in [0.05, 0.1) is 43.0 Å². The van der Waals surface area contributed by atoms with Crippen LogP contribution in [0.2, 0.25) is 5.02 Å². The van der Waals surface area contributed by atoms with Crippen molar-refractivity contribution in [2.75, 3.05) is 37.7 Å². The molecule has 0 atom stereocenters. The molecule has 3 aromatic carbocycles. The summed E-state index contributed by atoms with van der Waals surface area (Å²) in [5.74, 6) is 1.23. The monoisotopic (exact) mass is 543 g/mol. The Morgan fingerprint density at radius 1 is 0.917 bits per heavy atom. The number of benzene rings is 3. The topological polar surface area (TPSA) is 98.8 Å². The fourth-order valence-electron chi connectivity index (χ4n) is 3.32. The van der Waals surface area contributed by atoms with Gasteiger partial charge in [-0.15, -0.1) is 11.3 Å². The maximum Gasteiger partial charge on any atom is 0.255 e. The van der Waals surface area contributed by atoms with E-state index >= 15 is 0 Å². The van der Waals surface area contributed by atoms with Crippen LogP contribution in [-0.2, 0) is 4.79 Å². The molecule has 0 fully saturated rings. The van der Waals surface area contributed by atoms with Gasteiger partial charge in [0, 0.05) is 16.3 Å². The summed E-state index contributed by atoms with van der Waals surface area (Å²) in [4.78, 5) is 29.8. The second-order valence-corrected chi connectivity index (χ2v) is 10.1. The van der Waals surface area contributed by atoms with Gasteiger partial charge in [-0.25, -0.2) is 4.98 Å². The Labute approximate surface area is 220 Å². The molecule has 0 aliphatic heterocycles. The number of aromatic nitrogens is 1. The Hall–Kier alpha value is -3.47. The first kappa shape index (κ1) is 25.6. The molecule has 0 radical (unpaired) electrons. The van der Waals surface area contributed by atoms with Crippen LogP contribution in [0.15, 0.2) is 58.9 Å². The molecule has 1 heterocycles. The van der Waals surface area contributed by atoms with Crippen LogP contribution in [0.3, 0.4) is 0 Å². The van der Waals surface area contributed by atoms with E-state index in [1.165, 1.54) is 44.4 Å².